The Hall–Kier alpha value is -1.69. The average molecular weight is 341 g/mol. The van der Waals surface area contributed by atoms with Crippen molar-refractivity contribution in [3.8, 4) is 5.75 Å². The Morgan fingerprint density at radius 3 is 2.72 bits per heavy atom. The Balaban J connectivity index is 1.78. The molecule has 0 radical (unpaired) electrons. The van der Waals surface area contributed by atoms with Crippen LogP contribution in [0.25, 0.3) is 0 Å². The van der Waals surface area contributed by atoms with Crippen molar-refractivity contribution < 1.29 is 9.57 Å². The second kappa shape index (κ2) is 5.16. The van der Waals surface area contributed by atoms with Crippen LogP contribution in [0.1, 0.15) is 52.0 Å². The highest BCUT2D eigenvalue weighted by atomic mass is 16.7. The molecule has 1 aromatic rings. The normalized spacial score (nSPS) is 34.3. The third-order valence-electron chi connectivity index (χ3n) is 6.14. The van der Waals surface area contributed by atoms with Crippen LogP contribution < -0.4 is 15.9 Å². The Kier molecular flexibility index (Phi) is 3.46. The van der Waals surface area contributed by atoms with Gasteiger partial charge < -0.3 is 10.5 Å². The number of nitrogens with two attached hydrogens (primary N) is 1. The van der Waals surface area contributed by atoms with Gasteiger partial charge in [0, 0.05) is 13.5 Å². The second-order valence-corrected chi connectivity index (χ2v) is 9.11. The number of benzene rings is 1. The first-order valence-electron chi connectivity index (χ1n) is 9.21. The molecule has 5 nitrogen and oxygen atoms in total. The summed E-state index contributed by atoms with van der Waals surface area (Å²) >= 11 is 0. The largest absolute Gasteiger partial charge is 0.487 e. The number of hydroxylamine groups is 2. The maximum absolute atomic E-state index is 6.61. The summed E-state index contributed by atoms with van der Waals surface area (Å²) in [6.07, 6.45) is 3.96. The lowest BCUT2D eigenvalue weighted by atomic mass is 9.76. The van der Waals surface area contributed by atoms with Crippen molar-refractivity contribution >= 4 is 19.3 Å². The fourth-order valence-corrected chi connectivity index (χ4v) is 4.65. The Bertz CT molecular complexity index is 745. The van der Waals surface area contributed by atoms with E-state index in [0.29, 0.717) is 18.3 Å². The standard InChI is InChI=1S/C19H28BN3O2/c1-17(2,3)12-7-8-18(10-12)11-19(22-16(21)23(4)25-19)14-9-13(20)5-6-15(14)24-18/h5-6,9,12H,7-8,10-11,20H2,1-4H3,(H2,21,22). The molecule has 2 aliphatic heterocycles. The van der Waals surface area contributed by atoms with Gasteiger partial charge in [-0.25, -0.2) is 14.9 Å². The van der Waals surface area contributed by atoms with Crippen molar-refractivity contribution in [1.29, 1.82) is 0 Å². The van der Waals surface area contributed by atoms with Crippen molar-refractivity contribution in [2.45, 2.75) is 57.8 Å². The molecule has 2 spiro atoms. The second-order valence-electron chi connectivity index (χ2n) is 9.11. The minimum atomic E-state index is -0.759. The predicted octanol–water partition coefficient (Wildman–Crippen LogP) is 1.66. The fraction of sp³-hybridized carbons (Fsp3) is 0.632. The van der Waals surface area contributed by atoms with Gasteiger partial charge in [0.1, 0.15) is 19.2 Å². The zero-order chi connectivity index (χ0) is 18.0. The molecule has 0 aromatic heterocycles. The van der Waals surface area contributed by atoms with Crippen LogP contribution in [0.2, 0.25) is 0 Å². The molecule has 0 amide bonds. The van der Waals surface area contributed by atoms with E-state index < -0.39 is 5.72 Å². The van der Waals surface area contributed by atoms with E-state index in [4.69, 9.17) is 20.3 Å². The maximum Gasteiger partial charge on any atom is 0.221 e. The monoisotopic (exact) mass is 341 g/mol. The first kappa shape index (κ1) is 16.8. The van der Waals surface area contributed by atoms with E-state index >= 15 is 0 Å². The van der Waals surface area contributed by atoms with Crippen LogP contribution in [-0.4, -0.2) is 31.5 Å². The highest BCUT2D eigenvalue weighted by molar-refractivity contribution is 6.32. The van der Waals surface area contributed by atoms with Gasteiger partial charge >= 0.3 is 0 Å². The smallest absolute Gasteiger partial charge is 0.221 e. The molecule has 25 heavy (non-hydrogen) atoms. The Morgan fingerprint density at radius 2 is 2.12 bits per heavy atom. The zero-order valence-corrected chi connectivity index (χ0v) is 15.9. The maximum atomic E-state index is 6.61. The van der Waals surface area contributed by atoms with Crippen LogP contribution in [0.5, 0.6) is 5.75 Å². The van der Waals surface area contributed by atoms with Crippen LogP contribution >= 0.6 is 0 Å². The molecule has 1 aliphatic carbocycles. The van der Waals surface area contributed by atoms with Gasteiger partial charge in [0.25, 0.3) is 0 Å². The molecule has 0 saturated heterocycles. The highest BCUT2D eigenvalue weighted by Gasteiger charge is 2.57. The summed E-state index contributed by atoms with van der Waals surface area (Å²) in [6.45, 7) is 6.97. The summed E-state index contributed by atoms with van der Waals surface area (Å²) in [4.78, 5) is 11.0. The number of aliphatic imine (C=N–C) groups is 1. The van der Waals surface area contributed by atoms with Crippen molar-refractivity contribution in [2.24, 2.45) is 22.1 Å². The van der Waals surface area contributed by atoms with Gasteiger partial charge in [-0.2, -0.15) is 0 Å². The molecule has 1 fully saturated rings. The van der Waals surface area contributed by atoms with Gasteiger partial charge in [-0.1, -0.05) is 38.4 Å². The quantitative estimate of drug-likeness (QED) is 0.729. The van der Waals surface area contributed by atoms with Crippen molar-refractivity contribution in [2.75, 3.05) is 7.05 Å². The van der Waals surface area contributed by atoms with E-state index in [2.05, 4.69) is 46.8 Å². The number of ether oxygens (including phenoxy) is 1. The lowest BCUT2D eigenvalue weighted by molar-refractivity contribution is -0.204. The van der Waals surface area contributed by atoms with Crippen LogP contribution in [-0.2, 0) is 10.6 Å². The molecule has 3 aliphatic rings. The Labute approximate surface area is 150 Å². The third-order valence-corrected chi connectivity index (χ3v) is 6.14. The molecule has 2 N–H and O–H groups in total. The van der Waals surface area contributed by atoms with Crippen LogP contribution in [0.4, 0.5) is 0 Å². The van der Waals surface area contributed by atoms with Crippen molar-refractivity contribution in [3.63, 3.8) is 0 Å². The number of nitrogens with zero attached hydrogens (tertiary/aromatic N) is 2. The van der Waals surface area contributed by atoms with Crippen LogP contribution in [0.15, 0.2) is 23.2 Å². The molecule has 4 rings (SSSR count). The molecule has 1 saturated carbocycles. The van der Waals surface area contributed by atoms with E-state index in [-0.39, 0.29) is 11.0 Å². The summed E-state index contributed by atoms with van der Waals surface area (Å²) < 4.78 is 6.61. The third kappa shape index (κ3) is 2.62. The summed E-state index contributed by atoms with van der Waals surface area (Å²) in [5.74, 6) is 1.95. The molecule has 1 aromatic carbocycles. The number of hydrogen-bond donors (Lipinski definition) is 1. The van der Waals surface area contributed by atoms with Crippen molar-refractivity contribution in [1.82, 2.24) is 5.06 Å². The summed E-state index contributed by atoms with van der Waals surface area (Å²) in [6, 6.07) is 6.27. The molecule has 0 bridgehead atoms. The highest BCUT2D eigenvalue weighted by Crippen LogP contribution is 2.56. The first-order valence-corrected chi connectivity index (χ1v) is 9.21. The van der Waals surface area contributed by atoms with E-state index in [0.717, 1.165) is 24.2 Å². The topological polar surface area (TPSA) is 60.1 Å². The van der Waals surface area contributed by atoms with E-state index in [1.165, 1.54) is 11.9 Å². The SMILES string of the molecule is Bc1ccc2c(c1)C1(CC3(CCC(C(C)(C)C)C3)O2)N=C(N)N(C)O1. The minimum absolute atomic E-state index is 0.227. The average Bonchev–Trinajstić information content (AvgIpc) is 3.03. The van der Waals surface area contributed by atoms with Gasteiger partial charge in [-0.05, 0) is 36.7 Å². The van der Waals surface area contributed by atoms with Gasteiger partial charge in [0.05, 0.1) is 5.56 Å². The minimum Gasteiger partial charge on any atom is -0.487 e. The van der Waals surface area contributed by atoms with Gasteiger partial charge in [-0.3, -0.25) is 0 Å². The van der Waals surface area contributed by atoms with Gasteiger partial charge in [0.2, 0.25) is 11.7 Å². The number of hydrogen-bond acceptors (Lipinski definition) is 5. The van der Waals surface area contributed by atoms with Crippen LogP contribution in [0.3, 0.4) is 0 Å². The molecule has 3 atom stereocenters. The first-order chi connectivity index (χ1) is 11.6. The molecule has 2 heterocycles. The number of guanidine groups is 1. The van der Waals surface area contributed by atoms with Gasteiger partial charge in [0.15, 0.2) is 0 Å². The predicted molar refractivity (Wildman–Crippen MR) is 102 cm³/mol. The van der Waals surface area contributed by atoms with E-state index in [9.17, 15) is 0 Å². The Morgan fingerprint density at radius 1 is 1.36 bits per heavy atom. The fourth-order valence-electron chi connectivity index (χ4n) is 4.65. The lowest BCUT2D eigenvalue weighted by Gasteiger charge is -2.44. The number of rotatable bonds is 0. The summed E-state index contributed by atoms with van der Waals surface area (Å²) in [5, 5.41) is 1.58. The van der Waals surface area contributed by atoms with Gasteiger partial charge in [-0.15, -0.1) is 0 Å². The molecular weight excluding hydrogens is 313 g/mol. The molecular formula is C19H28BN3O2. The molecule has 6 heteroatoms. The molecule has 134 valence electrons. The van der Waals surface area contributed by atoms with Crippen molar-refractivity contribution in [3.05, 3.63) is 23.8 Å². The summed E-state index contributed by atoms with van der Waals surface area (Å²) in [7, 11) is 3.90. The van der Waals surface area contributed by atoms with E-state index in [1.807, 2.05) is 7.05 Å². The van der Waals surface area contributed by atoms with E-state index in [1.54, 1.807) is 5.06 Å². The molecule has 3 unspecified atom stereocenters. The zero-order valence-electron chi connectivity index (χ0n) is 15.9. The lowest BCUT2D eigenvalue weighted by Crippen LogP contribution is -2.47. The summed E-state index contributed by atoms with van der Waals surface area (Å²) in [5.41, 5.74) is 7.53. The number of fused-ring (bicyclic) bond motifs is 2. The van der Waals surface area contributed by atoms with Crippen LogP contribution in [0, 0.1) is 11.3 Å².